The van der Waals surface area contributed by atoms with Crippen LogP contribution >= 0.6 is 0 Å². The maximum absolute atomic E-state index is 12.9. The third-order valence-corrected chi connectivity index (χ3v) is 3.10. The van der Waals surface area contributed by atoms with E-state index in [4.69, 9.17) is 5.11 Å². The molecule has 1 saturated heterocycles. The zero-order valence-corrected chi connectivity index (χ0v) is 9.67. The van der Waals surface area contributed by atoms with Crippen molar-refractivity contribution >= 4 is 11.9 Å². The third kappa shape index (κ3) is 2.64. The van der Waals surface area contributed by atoms with Gasteiger partial charge in [-0.25, -0.2) is 4.98 Å². The van der Waals surface area contributed by atoms with Gasteiger partial charge in [-0.15, -0.1) is 0 Å². The number of amides is 1. The Labute approximate surface area is 103 Å². The monoisotopic (exact) mass is 252 g/mol. The lowest BCUT2D eigenvalue weighted by atomic mass is 9.97. The molecule has 1 aliphatic rings. The van der Waals surface area contributed by atoms with E-state index in [0.717, 1.165) is 6.07 Å². The molecule has 0 spiro atoms. The van der Waals surface area contributed by atoms with Crippen molar-refractivity contribution in [2.24, 2.45) is 5.92 Å². The van der Waals surface area contributed by atoms with E-state index in [2.05, 4.69) is 4.98 Å². The van der Waals surface area contributed by atoms with Crippen molar-refractivity contribution < 1.29 is 19.1 Å². The van der Waals surface area contributed by atoms with Crippen LogP contribution in [0.4, 0.5) is 4.39 Å². The van der Waals surface area contributed by atoms with E-state index in [-0.39, 0.29) is 17.4 Å². The van der Waals surface area contributed by atoms with E-state index >= 15 is 0 Å². The van der Waals surface area contributed by atoms with Crippen LogP contribution in [0.25, 0.3) is 0 Å². The smallest absolute Gasteiger partial charge is 0.306 e. The van der Waals surface area contributed by atoms with Gasteiger partial charge in [-0.2, -0.15) is 4.39 Å². The molecule has 0 aromatic carbocycles. The summed E-state index contributed by atoms with van der Waals surface area (Å²) in [5, 5.41) is 8.86. The Bertz CT molecular complexity index is 470. The zero-order chi connectivity index (χ0) is 13.1. The summed E-state index contributed by atoms with van der Waals surface area (Å²) in [5.41, 5.74) is 0.247. The molecular formula is C12H13FN2O3. The molecular weight excluding hydrogens is 239 g/mol. The number of aromatic nitrogens is 1. The number of hydrogen-bond acceptors (Lipinski definition) is 3. The van der Waals surface area contributed by atoms with Crippen molar-refractivity contribution in [1.29, 1.82) is 0 Å². The van der Waals surface area contributed by atoms with Crippen LogP contribution in [0.2, 0.25) is 0 Å². The highest BCUT2D eigenvalue weighted by atomic mass is 19.1. The number of carbonyl (C=O) groups excluding carboxylic acids is 1. The molecule has 1 aliphatic heterocycles. The Balaban J connectivity index is 2.02. The SMILES string of the molecule is O=C(O)C1CCN(C(=O)c2ccnc(F)c2)CC1. The molecule has 1 aromatic heterocycles. The quantitative estimate of drug-likeness (QED) is 0.802. The largest absolute Gasteiger partial charge is 0.481 e. The number of carboxylic acids is 1. The lowest BCUT2D eigenvalue weighted by molar-refractivity contribution is -0.143. The van der Waals surface area contributed by atoms with E-state index in [9.17, 15) is 14.0 Å². The van der Waals surface area contributed by atoms with Gasteiger partial charge in [0, 0.05) is 30.9 Å². The summed E-state index contributed by atoms with van der Waals surface area (Å²) in [7, 11) is 0. The van der Waals surface area contributed by atoms with Crippen molar-refractivity contribution in [2.45, 2.75) is 12.8 Å². The van der Waals surface area contributed by atoms with Gasteiger partial charge in [-0.3, -0.25) is 9.59 Å². The number of nitrogens with zero attached hydrogens (tertiary/aromatic N) is 2. The fourth-order valence-electron chi connectivity index (χ4n) is 2.05. The van der Waals surface area contributed by atoms with E-state index in [1.165, 1.54) is 12.3 Å². The first-order chi connectivity index (χ1) is 8.58. The number of carbonyl (C=O) groups is 2. The van der Waals surface area contributed by atoms with Crippen LogP contribution in [-0.2, 0) is 4.79 Å². The molecule has 0 unspecified atom stereocenters. The standard InChI is InChI=1S/C12H13FN2O3/c13-10-7-9(1-4-14-10)11(16)15-5-2-8(3-6-15)12(17)18/h1,4,7-8H,2-3,5-6H2,(H,17,18). The second kappa shape index (κ2) is 5.12. The van der Waals surface area contributed by atoms with Gasteiger partial charge in [0.2, 0.25) is 5.95 Å². The third-order valence-electron chi connectivity index (χ3n) is 3.10. The highest BCUT2D eigenvalue weighted by molar-refractivity contribution is 5.94. The summed E-state index contributed by atoms with van der Waals surface area (Å²) < 4.78 is 12.9. The first-order valence-electron chi connectivity index (χ1n) is 5.71. The van der Waals surface area contributed by atoms with E-state index in [0.29, 0.717) is 25.9 Å². The molecule has 1 amide bonds. The maximum atomic E-state index is 12.9. The summed E-state index contributed by atoms with van der Waals surface area (Å²) in [6.07, 6.45) is 2.12. The van der Waals surface area contributed by atoms with E-state index in [1.807, 2.05) is 0 Å². The topological polar surface area (TPSA) is 70.5 Å². The lowest BCUT2D eigenvalue weighted by Gasteiger charge is -2.30. The van der Waals surface area contributed by atoms with Crippen LogP contribution in [0, 0.1) is 11.9 Å². The molecule has 1 N–H and O–H groups in total. The highest BCUT2D eigenvalue weighted by Gasteiger charge is 2.27. The molecule has 5 nitrogen and oxygen atoms in total. The summed E-state index contributed by atoms with van der Waals surface area (Å²) >= 11 is 0. The molecule has 0 radical (unpaired) electrons. The highest BCUT2D eigenvalue weighted by Crippen LogP contribution is 2.19. The van der Waals surface area contributed by atoms with Gasteiger partial charge in [0.15, 0.2) is 0 Å². The van der Waals surface area contributed by atoms with Gasteiger partial charge in [0.05, 0.1) is 5.92 Å². The summed E-state index contributed by atoms with van der Waals surface area (Å²) in [6.45, 7) is 0.777. The molecule has 0 saturated carbocycles. The van der Waals surface area contributed by atoms with Gasteiger partial charge < -0.3 is 10.0 Å². The Kier molecular flexibility index (Phi) is 3.55. The molecule has 0 aliphatic carbocycles. The number of likely N-dealkylation sites (tertiary alicyclic amines) is 1. The van der Waals surface area contributed by atoms with Crippen LogP contribution in [0.3, 0.4) is 0 Å². The van der Waals surface area contributed by atoms with Crippen molar-refractivity contribution in [3.63, 3.8) is 0 Å². The summed E-state index contributed by atoms with van der Waals surface area (Å²) in [6, 6.07) is 2.54. The molecule has 2 heterocycles. The van der Waals surface area contributed by atoms with Crippen LogP contribution in [0.15, 0.2) is 18.3 Å². The molecule has 0 bridgehead atoms. The summed E-state index contributed by atoms with van der Waals surface area (Å²) in [4.78, 5) is 27.7. The number of piperidine rings is 1. The minimum atomic E-state index is -0.822. The van der Waals surface area contributed by atoms with Crippen LogP contribution in [0.1, 0.15) is 23.2 Å². The first-order valence-corrected chi connectivity index (χ1v) is 5.71. The second-order valence-corrected chi connectivity index (χ2v) is 4.27. The van der Waals surface area contributed by atoms with Crippen molar-refractivity contribution in [1.82, 2.24) is 9.88 Å². The number of carboxylic acid groups (broad SMARTS) is 1. The van der Waals surface area contributed by atoms with Gasteiger partial charge in [-0.1, -0.05) is 0 Å². The van der Waals surface area contributed by atoms with Crippen molar-refractivity contribution in [3.8, 4) is 0 Å². The van der Waals surface area contributed by atoms with Crippen molar-refractivity contribution in [3.05, 3.63) is 29.8 Å². The fourth-order valence-corrected chi connectivity index (χ4v) is 2.05. The molecule has 96 valence electrons. The Morgan fingerprint density at radius 3 is 2.61 bits per heavy atom. The lowest BCUT2D eigenvalue weighted by Crippen LogP contribution is -2.40. The van der Waals surface area contributed by atoms with Gasteiger partial charge in [-0.05, 0) is 18.9 Å². The van der Waals surface area contributed by atoms with E-state index < -0.39 is 11.9 Å². The van der Waals surface area contributed by atoms with Gasteiger partial charge in [0.1, 0.15) is 0 Å². The predicted octanol–water partition coefficient (Wildman–Crippen LogP) is 1.16. The number of rotatable bonds is 2. The summed E-state index contributed by atoms with van der Waals surface area (Å²) in [5.74, 6) is -2.18. The normalized spacial score (nSPS) is 16.6. The number of hydrogen-bond donors (Lipinski definition) is 1. The molecule has 6 heteroatoms. The Morgan fingerprint density at radius 1 is 1.39 bits per heavy atom. The molecule has 1 aromatic rings. The van der Waals surface area contributed by atoms with E-state index in [1.54, 1.807) is 4.90 Å². The molecule has 0 atom stereocenters. The minimum absolute atomic E-state index is 0.247. The molecule has 2 rings (SSSR count). The number of pyridine rings is 1. The van der Waals surface area contributed by atoms with Gasteiger partial charge >= 0.3 is 5.97 Å². The van der Waals surface area contributed by atoms with Crippen LogP contribution in [0.5, 0.6) is 0 Å². The average Bonchev–Trinajstić information content (AvgIpc) is 2.38. The zero-order valence-electron chi connectivity index (χ0n) is 9.67. The molecule has 18 heavy (non-hydrogen) atoms. The number of aliphatic carboxylic acids is 1. The minimum Gasteiger partial charge on any atom is -0.481 e. The van der Waals surface area contributed by atoms with Crippen molar-refractivity contribution in [2.75, 3.05) is 13.1 Å². The fraction of sp³-hybridized carbons (Fsp3) is 0.417. The Morgan fingerprint density at radius 2 is 2.06 bits per heavy atom. The maximum Gasteiger partial charge on any atom is 0.306 e. The average molecular weight is 252 g/mol. The van der Waals surface area contributed by atoms with Gasteiger partial charge in [0.25, 0.3) is 5.91 Å². The molecule has 1 fully saturated rings. The Hall–Kier alpha value is -1.98. The van der Waals surface area contributed by atoms with Crippen LogP contribution < -0.4 is 0 Å². The predicted molar refractivity (Wildman–Crippen MR) is 60.5 cm³/mol. The number of halogens is 1. The van der Waals surface area contributed by atoms with Crippen LogP contribution in [-0.4, -0.2) is 40.0 Å². The second-order valence-electron chi connectivity index (χ2n) is 4.27. The first kappa shape index (κ1) is 12.5.